The molecule has 1 atom stereocenters. The molecule has 0 saturated carbocycles. The summed E-state index contributed by atoms with van der Waals surface area (Å²) in [4.78, 5) is 14.9. The molecule has 0 aliphatic heterocycles. The Morgan fingerprint density at radius 3 is 2.41 bits per heavy atom. The van der Waals surface area contributed by atoms with Crippen LogP contribution in [0.3, 0.4) is 0 Å². The molecular formula is C22H29NO4. The fourth-order valence-electron chi connectivity index (χ4n) is 3.12. The highest BCUT2D eigenvalue weighted by atomic mass is 16.5. The van der Waals surface area contributed by atoms with E-state index in [2.05, 4.69) is 30.9 Å². The molecule has 0 aromatic heterocycles. The van der Waals surface area contributed by atoms with Crippen LogP contribution in [0, 0.1) is 0 Å². The number of hydrogen-bond acceptors (Lipinski definition) is 5. The Morgan fingerprint density at radius 2 is 1.78 bits per heavy atom. The van der Waals surface area contributed by atoms with E-state index in [0.29, 0.717) is 24.5 Å². The molecule has 146 valence electrons. The van der Waals surface area contributed by atoms with E-state index < -0.39 is 5.97 Å². The second-order valence-corrected chi connectivity index (χ2v) is 6.28. The summed E-state index contributed by atoms with van der Waals surface area (Å²) >= 11 is 0. The Balaban J connectivity index is 2.10. The van der Waals surface area contributed by atoms with Crippen molar-refractivity contribution in [2.45, 2.75) is 33.2 Å². The molecule has 0 fully saturated rings. The number of benzene rings is 2. The standard InChI is InChI=1S/C22H29NO4/c1-4-23(5-2)18(14-17-10-8-7-9-11-17)16-27-22(25)20-13-12-19(24)15-21(20)26-6-3/h7-13,15,18,24H,4-6,14,16H2,1-3H3/t18-/m0/s1. The van der Waals surface area contributed by atoms with Crippen LogP contribution >= 0.6 is 0 Å². The summed E-state index contributed by atoms with van der Waals surface area (Å²) in [5.74, 6) is -0.0475. The number of hydrogen-bond donors (Lipinski definition) is 1. The highest BCUT2D eigenvalue weighted by Crippen LogP contribution is 2.25. The molecule has 5 heteroatoms. The van der Waals surface area contributed by atoms with Crippen LogP contribution in [-0.4, -0.2) is 48.3 Å². The van der Waals surface area contributed by atoms with Crippen molar-refractivity contribution in [3.8, 4) is 11.5 Å². The van der Waals surface area contributed by atoms with Crippen molar-refractivity contribution in [2.24, 2.45) is 0 Å². The number of rotatable bonds is 10. The van der Waals surface area contributed by atoms with Gasteiger partial charge in [0.2, 0.25) is 0 Å². The summed E-state index contributed by atoms with van der Waals surface area (Å²) in [5, 5.41) is 9.63. The number of phenols is 1. The molecule has 0 aliphatic rings. The zero-order chi connectivity index (χ0) is 19.6. The van der Waals surface area contributed by atoms with Crippen LogP contribution in [-0.2, 0) is 11.2 Å². The number of aromatic hydroxyl groups is 1. The van der Waals surface area contributed by atoms with E-state index in [9.17, 15) is 9.90 Å². The molecule has 2 aromatic carbocycles. The molecule has 0 aliphatic carbocycles. The van der Waals surface area contributed by atoms with Gasteiger partial charge in [-0.15, -0.1) is 0 Å². The number of phenolic OH excluding ortho intramolecular Hbond substituents is 1. The molecule has 1 N–H and O–H groups in total. The first kappa shape index (κ1) is 20.8. The van der Waals surface area contributed by atoms with E-state index in [1.165, 1.54) is 23.8 Å². The number of nitrogens with zero attached hydrogens (tertiary/aromatic N) is 1. The quantitative estimate of drug-likeness (QED) is 0.642. The summed E-state index contributed by atoms with van der Waals surface area (Å²) in [6.07, 6.45) is 0.809. The Bertz CT molecular complexity index is 714. The normalized spacial score (nSPS) is 12.0. The monoisotopic (exact) mass is 371 g/mol. The van der Waals surface area contributed by atoms with Gasteiger partial charge < -0.3 is 14.6 Å². The third kappa shape index (κ3) is 6.00. The van der Waals surface area contributed by atoms with Crippen molar-refractivity contribution in [3.05, 3.63) is 59.7 Å². The van der Waals surface area contributed by atoms with Crippen LogP contribution in [0.15, 0.2) is 48.5 Å². The number of esters is 1. The van der Waals surface area contributed by atoms with Gasteiger partial charge in [0.05, 0.1) is 6.61 Å². The Labute approximate surface area is 161 Å². The maximum Gasteiger partial charge on any atom is 0.341 e. The fourth-order valence-corrected chi connectivity index (χ4v) is 3.12. The molecule has 0 amide bonds. The minimum Gasteiger partial charge on any atom is -0.508 e. The summed E-state index contributed by atoms with van der Waals surface area (Å²) in [6, 6.07) is 14.7. The van der Waals surface area contributed by atoms with E-state index in [4.69, 9.17) is 9.47 Å². The molecule has 0 spiro atoms. The van der Waals surface area contributed by atoms with Crippen molar-refractivity contribution < 1.29 is 19.4 Å². The van der Waals surface area contributed by atoms with Gasteiger partial charge in [0.25, 0.3) is 0 Å². The van der Waals surface area contributed by atoms with Gasteiger partial charge in [-0.1, -0.05) is 44.2 Å². The summed E-state index contributed by atoms with van der Waals surface area (Å²) in [5.41, 5.74) is 1.54. The van der Waals surface area contributed by atoms with E-state index >= 15 is 0 Å². The lowest BCUT2D eigenvalue weighted by Crippen LogP contribution is -2.40. The second kappa shape index (κ2) is 10.6. The molecule has 2 rings (SSSR count). The van der Waals surface area contributed by atoms with E-state index in [1.807, 2.05) is 25.1 Å². The van der Waals surface area contributed by atoms with Crippen LogP contribution < -0.4 is 4.74 Å². The minimum absolute atomic E-state index is 0.0556. The summed E-state index contributed by atoms with van der Waals surface area (Å²) in [6.45, 7) is 8.51. The van der Waals surface area contributed by atoms with Gasteiger partial charge in [-0.2, -0.15) is 0 Å². The predicted molar refractivity (Wildman–Crippen MR) is 106 cm³/mol. The maximum absolute atomic E-state index is 12.6. The first-order valence-corrected chi connectivity index (χ1v) is 9.49. The number of ether oxygens (including phenoxy) is 2. The summed E-state index contributed by atoms with van der Waals surface area (Å²) in [7, 11) is 0. The molecule has 27 heavy (non-hydrogen) atoms. The molecule has 0 bridgehead atoms. The van der Waals surface area contributed by atoms with Gasteiger partial charge in [-0.3, -0.25) is 4.90 Å². The SMILES string of the molecule is CCOc1cc(O)ccc1C(=O)OC[C@H](Cc1ccccc1)N(CC)CC. The lowest BCUT2D eigenvalue weighted by molar-refractivity contribution is 0.0356. The molecule has 5 nitrogen and oxygen atoms in total. The average Bonchev–Trinajstić information content (AvgIpc) is 2.68. The molecule has 0 saturated heterocycles. The van der Waals surface area contributed by atoms with Crippen molar-refractivity contribution in [1.29, 1.82) is 0 Å². The van der Waals surface area contributed by atoms with Crippen LogP contribution in [0.1, 0.15) is 36.7 Å². The minimum atomic E-state index is -0.441. The predicted octanol–water partition coefficient (Wildman–Crippen LogP) is 3.90. The van der Waals surface area contributed by atoms with Crippen LogP contribution in [0.25, 0.3) is 0 Å². The van der Waals surface area contributed by atoms with Gasteiger partial charge in [0.15, 0.2) is 0 Å². The number of carbonyl (C=O) groups is 1. The summed E-state index contributed by atoms with van der Waals surface area (Å²) < 4.78 is 11.1. The van der Waals surface area contributed by atoms with Crippen LogP contribution in [0.4, 0.5) is 0 Å². The molecule has 2 aromatic rings. The second-order valence-electron chi connectivity index (χ2n) is 6.28. The van der Waals surface area contributed by atoms with Crippen LogP contribution in [0.2, 0.25) is 0 Å². The van der Waals surface area contributed by atoms with Gasteiger partial charge in [-0.05, 0) is 44.1 Å². The Kier molecular flexibility index (Phi) is 8.14. The van der Waals surface area contributed by atoms with Crippen molar-refractivity contribution in [1.82, 2.24) is 4.90 Å². The van der Waals surface area contributed by atoms with E-state index in [1.54, 1.807) is 0 Å². The number of likely N-dealkylation sites (N-methyl/N-ethyl adjacent to an activating group) is 1. The largest absolute Gasteiger partial charge is 0.508 e. The van der Waals surface area contributed by atoms with E-state index in [-0.39, 0.29) is 11.8 Å². The first-order valence-electron chi connectivity index (χ1n) is 9.49. The van der Waals surface area contributed by atoms with Crippen molar-refractivity contribution >= 4 is 5.97 Å². The molecule has 0 heterocycles. The topological polar surface area (TPSA) is 59.0 Å². The highest BCUT2D eigenvalue weighted by molar-refractivity contribution is 5.92. The lowest BCUT2D eigenvalue weighted by atomic mass is 10.1. The van der Waals surface area contributed by atoms with E-state index in [0.717, 1.165) is 19.5 Å². The number of carbonyl (C=O) groups excluding carboxylic acids is 1. The Morgan fingerprint density at radius 1 is 1.07 bits per heavy atom. The maximum atomic E-state index is 12.6. The molecule has 0 radical (unpaired) electrons. The van der Waals surface area contributed by atoms with Crippen molar-refractivity contribution in [2.75, 3.05) is 26.3 Å². The molecular weight excluding hydrogens is 342 g/mol. The molecule has 0 unspecified atom stereocenters. The highest BCUT2D eigenvalue weighted by Gasteiger charge is 2.21. The third-order valence-electron chi connectivity index (χ3n) is 4.53. The van der Waals surface area contributed by atoms with Gasteiger partial charge in [-0.25, -0.2) is 4.79 Å². The Hall–Kier alpha value is -2.53. The zero-order valence-corrected chi connectivity index (χ0v) is 16.4. The first-order chi connectivity index (χ1) is 13.1. The fraction of sp³-hybridized carbons (Fsp3) is 0.409. The van der Waals surface area contributed by atoms with Crippen molar-refractivity contribution in [3.63, 3.8) is 0 Å². The van der Waals surface area contributed by atoms with Gasteiger partial charge in [0.1, 0.15) is 23.7 Å². The average molecular weight is 371 g/mol. The third-order valence-corrected chi connectivity index (χ3v) is 4.53. The smallest absolute Gasteiger partial charge is 0.341 e. The zero-order valence-electron chi connectivity index (χ0n) is 16.4. The lowest BCUT2D eigenvalue weighted by Gasteiger charge is -2.29. The van der Waals surface area contributed by atoms with Gasteiger partial charge in [0, 0.05) is 12.1 Å². The van der Waals surface area contributed by atoms with Crippen LogP contribution in [0.5, 0.6) is 11.5 Å². The van der Waals surface area contributed by atoms with Gasteiger partial charge >= 0.3 is 5.97 Å².